The van der Waals surface area contributed by atoms with E-state index in [0.717, 1.165) is 16.3 Å². The van der Waals surface area contributed by atoms with E-state index in [1.807, 2.05) is 19.1 Å². The summed E-state index contributed by atoms with van der Waals surface area (Å²) in [5.41, 5.74) is 1.96. The number of hydrogen-bond donors (Lipinski definition) is 1. The minimum Gasteiger partial charge on any atom is -0.484 e. The number of halogens is 1. The van der Waals surface area contributed by atoms with Crippen molar-refractivity contribution in [3.8, 4) is 16.3 Å². The van der Waals surface area contributed by atoms with Crippen LogP contribution in [0.25, 0.3) is 10.6 Å². The number of hydrogen-bond acceptors (Lipinski definition) is 5. The summed E-state index contributed by atoms with van der Waals surface area (Å²) in [5.74, 6) is -0.283. The van der Waals surface area contributed by atoms with Gasteiger partial charge in [-0.2, -0.15) is 0 Å². The molecule has 0 saturated carbocycles. The number of benzene rings is 2. The van der Waals surface area contributed by atoms with Crippen LogP contribution in [0.15, 0.2) is 48.5 Å². The van der Waals surface area contributed by atoms with E-state index in [1.54, 1.807) is 18.2 Å². The number of thiazole rings is 1. The summed E-state index contributed by atoms with van der Waals surface area (Å²) in [6, 6.07) is 12.8. The Kier molecular flexibility index (Phi) is 5.61. The lowest BCUT2D eigenvalue weighted by molar-refractivity contribution is -0.118. The van der Waals surface area contributed by atoms with Gasteiger partial charge < -0.3 is 10.1 Å². The van der Waals surface area contributed by atoms with Crippen molar-refractivity contribution in [3.05, 3.63) is 64.9 Å². The number of amides is 1. The third kappa shape index (κ3) is 4.77. The molecule has 1 aromatic heterocycles. The maximum atomic E-state index is 13.1. The number of aryl methyl sites for hydroxylation is 1. The average molecular weight is 384 g/mol. The molecule has 5 nitrogen and oxygen atoms in total. The third-order valence-electron chi connectivity index (χ3n) is 3.70. The number of anilines is 1. The van der Waals surface area contributed by atoms with Gasteiger partial charge in [-0.3, -0.25) is 9.59 Å². The molecule has 1 heterocycles. The highest BCUT2D eigenvalue weighted by atomic mass is 32.1. The zero-order chi connectivity index (χ0) is 19.4. The van der Waals surface area contributed by atoms with E-state index in [0.29, 0.717) is 16.3 Å². The average Bonchev–Trinajstić information content (AvgIpc) is 3.02. The van der Waals surface area contributed by atoms with Gasteiger partial charge in [-0.25, -0.2) is 9.37 Å². The molecule has 3 rings (SSSR count). The van der Waals surface area contributed by atoms with Crippen LogP contribution in [0.3, 0.4) is 0 Å². The Balaban J connectivity index is 1.60. The number of aromatic nitrogens is 1. The molecule has 27 heavy (non-hydrogen) atoms. The van der Waals surface area contributed by atoms with E-state index < -0.39 is 5.82 Å². The van der Waals surface area contributed by atoms with Crippen LogP contribution in [0, 0.1) is 12.7 Å². The molecule has 0 unspecified atom stereocenters. The molecule has 1 amide bonds. The van der Waals surface area contributed by atoms with Crippen molar-refractivity contribution >= 4 is 28.7 Å². The number of rotatable bonds is 6. The monoisotopic (exact) mass is 384 g/mol. The van der Waals surface area contributed by atoms with Crippen molar-refractivity contribution in [2.45, 2.75) is 13.8 Å². The maximum Gasteiger partial charge on any atom is 0.262 e. The highest BCUT2D eigenvalue weighted by molar-refractivity contribution is 7.17. The molecule has 0 radical (unpaired) electrons. The minimum atomic E-state index is -0.422. The highest BCUT2D eigenvalue weighted by Crippen LogP contribution is 2.29. The Morgan fingerprint density at radius 1 is 1.19 bits per heavy atom. The molecule has 0 aliphatic rings. The van der Waals surface area contributed by atoms with Gasteiger partial charge >= 0.3 is 0 Å². The Morgan fingerprint density at radius 2 is 1.93 bits per heavy atom. The van der Waals surface area contributed by atoms with Crippen LogP contribution in [-0.4, -0.2) is 23.3 Å². The largest absolute Gasteiger partial charge is 0.484 e. The molecule has 3 aromatic rings. The Bertz CT molecular complexity index is 983. The molecule has 0 aliphatic heterocycles. The number of nitrogens with one attached hydrogen (secondary N) is 1. The molecular weight excluding hydrogens is 367 g/mol. The Hall–Kier alpha value is -3.06. The summed E-state index contributed by atoms with van der Waals surface area (Å²) >= 11 is 1.35. The number of ketones is 1. The number of carbonyl (C=O) groups excluding carboxylic acids is 2. The molecule has 0 atom stereocenters. The van der Waals surface area contributed by atoms with Crippen LogP contribution < -0.4 is 10.1 Å². The quantitative estimate of drug-likeness (QED) is 0.637. The molecule has 2 aromatic carbocycles. The molecule has 7 heteroatoms. The Morgan fingerprint density at radius 3 is 2.56 bits per heavy atom. The standard InChI is InChI=1S/C20H17FN2O3S/c1-12-19(13(2)24)27-20(22-12)14-6-8-17(9-7-14)26-11-18(25)23-16-5-3-4-15(21)10-16/h3-10H,11H2,1-2H3,(H,23,25). The fourth-order valence-corrected chi connectivity index (χ4v) is 3.42. The number of ether oxygens (including phenoxy) is 1. The summed E-state index contributed by atoms with van der Waals surface area (Å²) in [7, 11) is 0. The first-order valence-electron chi connectivity index (χ1n) is 8.19. The summed E-state index contributed by atoms with van der Waals surface area (Å²) in [4.78, 5) is 28.5. The topological polar surface area (TPSA) is 68.3 Å². The predicted molar refractivity (Wildman–Crippen MR) is 103 cm³/mol. The van der Waals surface area contributed by atoms with E-state index in [1.165, 1.54) is 36.5 Å². The van der Waals surface area contributed by atoms with Crippen molar-refractivity contribution in [1.82, 2.24) is 4.98 Å². The second-order valence-electron chi connectivity index (χ2n) is 5.86. The second kappa shape index (κ2) is 8.09. The first kappa shape index (κ1) is 18.7. The summed E-state index contributed by atoms with van der Waals surface area (Å²) < 4.78 is 18.6. The molecular formula is C20H17FN2O3S. The van der Waals surface area contributed by atoms with Gasteiger partial charge in [-0.05, 0) is 49.4 Å². The molecule has 0 bridgehead atoms. The maximum absolute atomic E-state index is 13.1. The summed E-state index contributed by atoms with van der Waals surface area (Å²) in [6.45, 7) is 3.14. The summed E-state index contributed by atoms with van der Waals surface area (Å²) in [5, 5.41) is 3.32. The molecule has 138 valence electrons. The minimum absolute atomic E-state index is 0.000475. The number of nitrogens with zero attached hydrogens (tertiary/aromatic N) is 1. The van der Waals surface area contributed by atoms with E-state index in [4.69, 9.17) is 4.74 Å². The van der Waals surface area contributed by atoms with Crippen molar-refractivity contribution < 1.29 is 18.7 Å². The van der Waals surface area contributed by atoms with Gasteiger partial charge in [0.15, 0.2) is 12.4 Å². The predicted octanol–water partition coefficient (Wildman–Crippen LogP) is 4.48. The van der Waals surface area contributed by atoms with Crippen LogP contribution in [0.2, 0.25) is 0 Å². The van der Waals surface area contributed by atoms with Crippen LogP contribution in [0.4, 0.5) is 10.1 Å². The molecule has 0 aliphatic carbocycles. The lowest BCUT2D eigenvalue weighted by atomic mass is 10.2. The number of carbonyl (C=O) groups is 2. The number of Topliss-reactive ketones (excluding diaryl/α,β-unsaturated/α-hetero) is 1. The summed E-state index contributed by atoms with van der Waals surface area (Å²) in [6.07, 6.45) is 0. The second-order valence-corrected chi connectivity index (χ2v) is 6.86. The lowest BCUT2D eigenvalue weighted by Crippen LogP contribution is -2.20. The van der Waals surface area contributed by atoms with E-state index >= 15 is 0 Å². The van der Waals surface area contributed by atoms with Crippen LogP contribution in [0.1, 0.15) is 22.3 Å². The van der Waals surface area contributed by atoms with Crippen molar-refractivity contribution in [2.24, 2.45) is 0 Å². The fraction of sp³-hybridized carbons (Fsp3) is 0.150. The van der Waals surface area contributed by atoms with Gasteiger partial charge in [0.05, 0.1) is 10.6 Å². The first-order chi connectivity index (χ1) is 12.9. The third-order valence-corrected chi connectivity index (χ3v) is 5.00. The van der Waals surface area contributed by atoms with Crippen LogP contribution >= 0.6 is 11.3 Å². The van der Waals surface area contributed by atoms with Gasteiger partial charge in [0.25, 0.3) is 5.91 Å². The van der Waals surface area contributed by atoms with E-state index in [-0.39, 0.29) is 18.3 Å². The lowest BCUT2D eigenvalue weighted by Gasteiger charge is -2.08. The molecule has 0 saturated heterocycles. The van der Waals surface area contributed by atoms with Crippen molar-refractivity contribution in [2.75, 3.05) is 11.9 Å². The fourth-order valence-electron chi connectivity index (χ4n) is 2.45. The van der Waals surface area contributed by atoms with Gasteiger partial charge in [0.2, 0.25) is 0 Å². The first-order valence-corrected chi connectivity index (χ1v) is 9.01. The van der Waals surface area contributed by atoms with E-state index in [2.05, 4.69) is 10.3 Å². The molecule has 1 N–H and O–H groups in total. The Labute approximate surface area is 159 Å². The van der Waals surface area contributed by atoms with Crippen molar-refractivity contribution in [1.29, 1.82) is 0 Å². The highest BCUT2D eigenvalue weighted by Gasteiger charge is 2.13. The van der Waals surface area contributed by atoms with Gasteiger partial charge in [0.1, 0.15) is 16.6 Å². The molecule has 0 fully saturated rings. The van der Waals surface area contributed by atoms with Gasteiger partial charge in [-0.1, -0.05) is 6.07 Å². The zero-order valence-corrected chi connectivity index (χ0v) is 15.6. The van der Waals surface area contributed by atoms with Crippen LogP contribution in [0.5, 0.6) is 5.75 Å². The van der Waals surface area contributed by atoms with Gasteiger partial charge in [0, 0.05) is 18.2 Å². The smallest absolute Gasteiger partial charge is 0.262 e. The normalized spacial score (nSPS) is 10.5. The van der Waals surface area contributed by atoms with E-state index in [9.17, 15) is 14.0 Å². The van der Waals surface area contributed by atoms with Crippen LogP contribution in [-0.2, 0) is 4.79 Å². The molecule has 0 spiro atoms. The van der Waals surface area contributed by atoms with Crippen molar-refractivity contribution in [3.63, 3.8) is 0 Å². The zero-order valence-electron chi connectivity index (χ0n) is 14.8. The van der Waals surface area contributed by atoms with Gasteiger partial charge in [-0.15, -0.1) is 11.3 Å². The SMILES string of the molecule is CC(=O)c1sc(-c2ccc(OCC(=O)Nc3cccc(F)c3)cc2)nc1C.